The van der Waals surface area contributed by atoms with E-state index in [1.165, 1.54) is 65.4 Å². The van der Waals surface area contributed by atoms with Crippen LogP contribution in [0.2, 0.25) is 0 Å². The first kappa shape index (κ1) is 30.5. The zero-order chi connectivity index (χ0) is 34.9. The Hall–Kier alpha value is -5.16. The van der Waals surface area contributed by atoms with Gasteiger partial charge in [-0.15, -0.1) is 0 Å². The lowest BCUT2D eigenvalue weighted by Gasteiger charge is -2.26. The smallest absolute Gasteiger partial charge is 0.149 e. The molecule has 7 aromatic carbocycles. The molecule has 7 aromatic rings. The Morgan fingerprint density at radius 1 is 0.385 bits per heavy atom. The second-order valence-corrected chi connectivity index (χ2v) is 17.4. The van der Waals surface area contributed by atoms with E-state index in [4.69, 9.17) is 9.47 Å². The molecule has 0 saturated carbocycles. The summed E-state index contributed by atoms with van der Waals surface area (Å²) in [6.07, 6.45) is 0. The first-order chi connectivity index (χ1) is 25.3. The van der Waals surface area contributed by atoms with Crippen LogP contribution in [0.3, 0.4) is 0 Å². The molecule has 2 heterocycles. The highest BCUT2D eigenvalue weighted by Gasteiger charge is 2.41. The quantitative estimate of drug-likeness (QED) is 0.178. The molecule has 0 unspecified atom stereocenters. The van der Waals surface area contributed by atoms with Crippen molar-refractivity contribution >= 4 is 23.5 Å². The minimum atomic E-state index is -0.164. The van der Waals surface area contributed by atoms with Crippen molar-refractivity contribution in [3.05, 3.63) is 156 Å². The van der Waals surface area contributed by atoms with Crippen molar-refractivity contribution in [1.82, 2.24) is 0 Å². The largest absolute Gasteiger partial charge is 0.454 e. The van der Waals surface area contributed by atoms with E-state index in [9.17, 15) is 0 Å². The molecule has 0 N–H and O–H groups in total. The summed E-state index contributed by atoms with van der Waals surface area (Å²) in [7, 11) is 0. The van der Waals surface area contributed by atoms with Gasteiger partial charge in [0.2, 0.25) is 0 Å². The van der Waals surface area contributed by atoms with Crippen LogP contribution in [0.4, 0.5) is 0 Å². The molecule has 2 nitrogen and oxygen atoms in total. The van der Waals surface area contributed by atoms with Gasteiger partial charge in [-0.25, -0.2) is 0 Å². The van der Waals surface area contributed by atoms with Gasteiger partial charge in [0.15, 0.2) is 0 Å². The lowest BCUT2D eigenvalue weighted by atomic mass is 9.81. The highest BCUT2D eigenvalue weighted by molar-refractivity contribution is 8.00. The number of hydrogen-bond donors (Lipinski definition) is 0. The maximum absolute atomic E-state index is 7.06. The van der Waals surface area contributed by atoms with Crippen LogP contribution in [0.1, 0.15) is 49.9 Å². The molecule has 0 amide bonds. The second-order valence-electron chi connectivity index (χ2n) is 15.3. The predicted octanol–water partition coefficient (Wildman–Crippen LogP) is 14.1. The van der Waals surface area contributed by atoms with E-state index >= 15 is 0 Å². The van der Waals surface area contributed by atoms with E-state index < -0.39 is 0 Å². The van der Waals surface area contributed by atoms with Crippen LogP contribution < -0.4 is 9.47 Å². The molecule has 250 valence electrons. The maximum Gasteiger partial charge on any atom is 0.149 e. The SMILES string of the molecule is CC1(C)c2cc(-c3cccc(-c4cccc5c4Oc4c(ccc6c4-c4ccccc4C6(C)C)S5)c3)ccc2-c2c1ccc1c2Oc2ccccc2S1. The summed E-state index contributed by atoms with van der Waals surface area (Å²) in [6, 6.07) is 48.7. The van der Waals surface area contributed by atoms with Gasteiger partial charge < -0.3 is 9.47 Å². The van der Waals surface area contributed by atoms with Gasteiger partial charge in [0.05, 0.1) is 19.6 Å². The Balaban J connectivity index is 0.984. The van der Waals surface area contributed by atoms with Gasteiger partial charge >= 0.3 is 0 Å². The lowest BCUT2D eigenvalue weighted by Crippen LogP contribution is -2.15. The number of ether oxygens (including phenoxy) is 2. The van der Waals surface area contributed by atoms with Crippen molar-refractivity contribution in [3.8, 4) is 67.5 Å². The van der Waals surface area contributed by atoms with Gasteiger partial charge in [-0.2, -0.15) is 0 Å². The topological polar surface area (TPSA) is 18.5 Å². The molecule has 4 aliphatic rings. The molecule has 2 aliphatic heterocycles. The molecule has 0 radical (unpaired) electrons. The minimum absolute atomic E-state index is 0.0777. The number of benzene rings is 7. The van der Waals surface area contributed by atoms with Gasteiger partial charge in [-0.05, 0) is 92.5 Å². The molecule has 0 spiro atoms. The Bertz CT molecular complexity index is 2700. The number of para-hydroxylation sites is 2. The Morgan fingerprint density at radius 2 is 0.962 bits per heavy atom. The Morgan fingerprint density at radius 3 is 1.79 bits per heavy atom. The fourth-order valence-corrected chi connectivity index (χ4v) is 10.9. The molecule has 4 heteroatoms. The van der Waals surface area contributed by atoms with Crippen molar-refractivity contribution < 1.29 is 9.47 Å². The summed E-state index contributed by atoms with van der Waals surface area (Å²) < 4.78 is 13.7. The number of rotatable bonds is 2. The van der Waals surface area contributed by atoms with Crippen LogP contribution in [0, 0.1) is 0 Å². The minimum Gasteiger partial charge on any atom is -0.454 e. The zero-order valence-electron chi connectivity index (χ0n) is 29.3. The summed E-state index contributed by atoms with van der Waals surface area (Å²) in [5.74, 6) is 3.82. The third kappa shape index (κ3) is 4.17. The van der Waals surface area contributed by atoms with Crippen molar-refractivity contribution in [1.29, 1.82) is 0 Å². The molecule has 52 heavy (non-hydrogen) atoms. The third-order valence-corrected chi connectivity index (χ3v) is 13.8. The van der Waals surface area contributed by atoms with Gasteiger partial charge in [-0.3, -0.25) is 0 Å². The van der Waals surface area contributed by atoms with Crippen LogP contribution in [0.5, 0.6) is 23.0 Å². The van der Waals surface area contributed by atoms with E-state index in [2.05, 4.69) is 155 Å². The molecule has 0 saturated heterocycles. The molecule has 0 aromatic heterocycles. The summed E-state index contributed by atoms with van der Waals surface area (Å²) in [5.41, 5.74) is 14.7. The van der Waals surface area contributed by atoms with Crippen LogP contribution >= 0.6 is 23.5 Å². The average Bonchev–Trinajstić information content (AvgIpc) is 3.55. The van der Waals surface area contributed by atoms with Crippen LogP contribution in [-0.2, 0) is 10.8 Å². The Labute approximate surface area is 312 Å². The molecule has 0 bridgehead atoms. The monoisotopic (exact) mass is 706 g/mol. The van der Waals surface area contributed by atoms with E-state index in [1.54, 1.807) is 11.8 Å². The van der Waals surface area contributed by atoms with E-state index in [1.807, 2.05) is 17.8 Å². The summed E-state index contributed by atoms with van der Waals surface area (Å²) in [5, 5.41) is 0. The Kier molecular flexibility index (Phi) is 6.26. The molecular formula is C48H34O2S2. The van der Waals surface area contributed by atoms with Gasteiger partial charge in [0, 0.05) is 27.5 Å². The fraction of sp³-hybridized carbons (Fsp3) is 0.125. The molecular weight excluding hydrogens is 673 g/mol. The maximum atomic E-state index is 7.06. The van der Waals surface area contributed by atoms with Crippen molar-refractivity contribution in [2.24, 2.45) is 0 Å². The van der Waals surface area contributed by atoms with E-state index in [0.29, 0.717) is 0 Å². The van der Waals surface area contributed by atoms with Crippen LogP contribution in [0.15, 0.2) is 153 Å². The van der Waals surface area contributed by atoms with E-state index in [0.717, 1.165) is 43.9 Å². The fourth-order valence-electron chi connectivity index (χ4n) is 8.93. The van der Waals surface area contributed by atoms with Gasteiger partial charge in [0.25, 0.3) is 0 Å². The average molecular weight is 707 g/mol. The molecule has 0 atom stereocenters. The lowest BCUT2D eigenvalue weighted by molar-refractivity contribution is 0.455. The highest BCUT2D eigenvalue weighted by atomic mass is 32.2. The van der Waals surface area contributed by atoms with Crippen LogP contribution in [0.25, 0.3) is 44.5 Å². The number of fused-ring (bicyclic) bond motifs is 12. The number of hydrogen-bond acceptors (Lipinski definition) is 4. The van der Waals surface area contributed by atoms with Crippen molar-refractivity contribution in [3.63, 3.8) is 0 Å². The van der Waals surface area contributed by atoms with Crippen LogP contribution in [-0.4, -0.2) is 0 Å². The first-order valence-corrected chi connectivity index (χ1v) is 19.5. The van der Waals surface area contributed by atoms with E-state index in [-0.39, 0.29) is 10.8 Å². The predicted molar refractivity (Wildman–Crippen MR) is 214 cm³/mol. The molecule has 2 aliphatic carbocycles. The van der Waals surface area contributed by atoms with Gasteiger partial charge in [0.1, 0.15) is 23.0 Å². The summed E-state index contributed by atoms with van der Waals surface area (Å²) in [4.78, 5) is 4.64. The first-order valence-electron chi connectivity index (χ1n) is 17.9. The summed E-state index contributed by atoms with van der Waals surface area (Å²) in [6.45, 7) is 9.33. The second kappa shape index (κ2) is 10.7. The summed E-state index contributed by atoms with van der Waals surface area (Å²) >= 11 is 3.60. The standard InChI is InChI=1S/C48H34O2S2/c1-47(2)33-15-6-5-13-31(33)42-34(47)21-24-41-46(42)50-44-30(14-10-18-39(44)52-41)29-12-9-11-27(25-29)28-19-20-32-36(26-28)48(3,4)35-22-23-40-45(43(32)35)49-37-16-7-8-17-38(37)51-40/h5-26H,1-4H3. The molecule has 11 rings (SSSR count). The highest BCUT2D eigenvalue weighted by Crippen LogP contribution is 2.61. The van der Waals surface area contributed by atoms with Crippen molar-refractivity contribution in [2.75, 3.05) is 0 Å². The normalized spacial score (nSPS) is 15.8. The third-order valence-electron chi connectivity index (χ3n) is 11.6. The van der Waals surface area contributed by atoms with Gasteiger partial charge in [-0.1, -0.05) is 142 Å². The zero-order valence-corrected chi connectivity index (χ0v) is 31.0. The molecule has 0 fully saturated rings. The van der Waals surface area contributed by atoms with Crippen molar-refractivity contribution in [2.45, 2.75) is 58.1 Å².